The van der Waals surface area contributed by atoms with Crippen molar-refractivity contribution in [3.63, 3.8) is 0 Å². The maximum absolute atomic E-state index is 14.2. The molecule has 2 aromatic carbocycles. The third kappa shape index (κ3) is 5.69. The SMILES string of the molecule is CCC(C(=O)NCCCc1ccccc1Cl)N(c1ccccc1F)S(C)(=O)=O. The molecule has 28 heavy (non-hydrogen) atoms. The number of nitrogens with zero attached hydrogens (tertiary/aromatic N) is 1. The Kier molecular flexibility index (Phi) is 7.83. The summed E-state index contributed by atoms with van der Waals surface area (Å²) in [5, 5.41) is 3.42. The topological polar surface area (TPSA) is 66.5 Å². The number of nitrogens with one attached hydrogen (secondary N) is 1. The van der Waals surface area contributed by atoms with Crippen molar-refractivity contribution in [2.45, 2.75) is 32.2 Å². The lowest BCUT2D eigenvalue weighted by molar-refractivity contribution is -0.122. The third-order valence-corrected chi connectivity index (χ3v) is 5.83. The van der Waals surface area contributed by atoms with Crippen molar-refractivity contribution >= 4 is 33.2 Å². The van der Waals surface area contributed by atoms with E-state index in [-0.39, 0.29) is 12.1 Å². The molecule has 1 atom stereocenters. The predicted molar refractivity (Wildman–Crippen MR) is 111 cm³/mol. The smallest absolute Gasteiger partial charge is 0.243 e. The molecule has 2 aromatic rings. The van der Waals surface area contributed by atoms with E-state index >= 15 is 0 Å². The zero-order chi connectivity index (χ0) is 20.7. The predicted octanol–water partition coefficient (Wildman–Crippen LogP) is 3.77. The van der Waals surface area contributed by atoms with E-state index in [0.717, 1.165) is 16.1 Å². The molecule has 0 saturated carbocycles. The summed E-state index contributed by atoms with van der Waals surface area (Å²) in [6.07, 6.45) is 2.49. The zero-order valence-electron chi connectivity index (χ0n) is 15.9. The van der Waals surface area contributed by atoms with Gasteiger partial charge in [0, 0.05) is 11.6 Å². The Bertz CT molecular complexity index is 921. The van der Waals surface area contributed by atoms with Crippen LogP contribution in [0.2, 0.25) is 5.02 Å². The average molecular weight is 427 g/mol. The first-order valence-corrected chi connectivity index (χ1v) is 11.2. The molecule has 0 fully saturated rings. The van der Waals surface area contributed by atoms with E-state index in [4.69, 9.17) is 11.6 Å². The van der Waals surface area contributed by atoms with Crippen LogP contribution in [0.5, 0.6) is 0 Å². The summed E-state index contributed by atoms with van der Waals surface area (Å²) in [5.41, 5.74) is 0.845. The summed E-state index contributed by atoms with van der Waals surface area (Å²) in [6.45, 7) is 2.04. The number of halogens is 2. The molecule has 152 valence electrons. The van der Waals surface area contributed by atoms with Crippen molar-refractivity contribution in [1.82, 2.24) is 5.32 Å². The molecule has 0 aliphatic carbocycles. The first kappa shape index (κ1) is 22.2. The lowest BCUT2D eigenvalue weighted by atomic mass is 10.1. The summed E-state index contributed by atoms with van der Waals surface area (Å²) in [5.74, 6) is -1.16. The maximum Gasteiger partial charge on any atom is 0.243 e. The van der Waals surface area contributed by atoms with Crippen molar-refractivity contribution in [3.05, 3.63) is 64.9 Å². The largest absolute Gasteiger partial charge is 0.354 e. The number of carbonyl (C=O) groups is 1. The molecule has 1 N–H and O–H groups in total. The normalized spacial score (nSPS) is 12.4. The number of anilines is 1. The molecule has 0 aliphatic heterocycles. The second-order valence-corrected chi connectivity index (χ2v) is 8.69. The van der Waals surface area contributed by atoms with E-state index in [9.17, 15) is 17.6 Å². The molecule has 2 rings (SSSR count). The lowest BCUT2D eigenvalue weighted by Crippen LogP contribution is -2.49. The van der Waals surface area contributed by atoms with E-state index in [0.29, 0.717) is 24.4 Å². The van der Waals surface area contributed by atoms with Crippen LogP contribution in [0, 0.1) is 5.82 Å². The number of hydrogen-bond acceptors (Lipinski definition) is 3. The van der Waals surface area contributed by atoms with Gasteiger partial charge in [0.15, 0.2) is 0 Å². The minimum Gasteiger partial charge on any atom is -0.354 e. The highest BCUT2D eigenvalue weighted by Crippen LogP contribution is 2.25. The number of para-hydroxylation sites is 1. The Morgan fingerprint density at radius 3 is 2.43 bits per heavy atom. The van der Waals surface area contributed by atoms with Crippen molar-refractivity contribution < 1.29 is 17.6 Å². The second-order valence-electron chi connectivity index (χ2n) is 6.42. The van der Waals surface area contributed by atoms with Crippen LogP contribution in [0.3, 0.4) is 0 Å². The Balaban J connectivity index is 2.08. The third-order valence-electron chi connectivity index (χ3n) is 4.30. The Labute approximate surface area is 170 Å². The fourth-order valence-electron chi connectivity index (χ4n) is 2.98. The van der Waals surface area contributed by atoms with Gasteiger partial charge >= 0.3 is 0 Å². The van der Waals surface area contributed by atoms with Crippen LogP contribution < -0.4 is 9.62 Å². The van der Waals surface area contributed by atoms with Crippen LogP contribution in [0.25, 0.3) is 0 Å². The van der Waals surface area contributed by atoms with Gasteiger partial charge in [-0.2, -0.15) is 0 Å². The molecule has 0 aliphatic rings. The summed E-state index contributed by atoms with van der Waals surface area (Å²) >= 11 is 6.12. The molecule has 0 bridgehead atoms. The molecule has 0 radical (unpaired) electrons. The number of sulfonamides is 1. The average Bonchev–Trinajstić information content (AvgIpc) is 2.64. The Morgan fingerprint density at radius 1 is 1.18 bits per heavy atom. The molecule has 5 nitrogen and oxygen atoms in total. The fraction of sp³-hybridized carbons (Fsp3) is 0.350. The van der Waals surface area contributed by atoms with Crippen molar-refractivity contribution in [2.24, 2.45) is 0 Å². The Morgan fingerprint density at radius 2 is 1.82 bits per heavy atom. The summed E-state index contributed by atoms with van der Waals surface area (Å²) in [4.78, 5) is 12.7. The van der Waals surface area contributed by atoms with Gasteiger partial charge in [-0.3, -0.25) is 9.10 Å². The number of hydrogen-bond donors (Lipinski definition) is 1. The molecule has 1 unspecified atom stereocenters. The monoisotopic (exact) mass is 426 g/mol. The van der Waals surface area contributed by atoms with Gasteiger partial charge < -0.3 is 5.32 Å². The first-order valence-electron chi connectivity index (χ1n) is 9.00. The summed E-state index contributed by atoms with van der Waals surface area (Å²) < 4.78 is 39.7. The van der Waals surface area contributed by atoms with Crippen molar-refractivity contribution in [1.29, 1.82) is 0 Å². The van der Waals surface area contributed by atoms with Crippen molar-refractivity contribution in [2.75, 3.05) is 17.1 Å². The lowest BCUT2D eigenvalue weighted by Gasteiger charge is -2.30. The highest BCUT2D eigenvalue weighted by atomic mass is 35.5. The van der Waals surface area contributed by atoms with E-state index in [1.807, 2.05) is 18.2 Å². The van der Waals surface area contributed by atoms with Gasteiger partial charge in [-0.15, -0.1) is 0 Å². The molecular formula is C20H24ClFN2O3S. The van der Waals surface area contributed by atoms with E-state index < -0.39 is 27.8 Å². The van der Waals surface area contributed by atoms with Crippen LogP contribution >= 0.6 is 11.6 Å². The van der Waals surface area contributed by atoms with E-state index in [1.165, 1.54) is 24.3 Å². The van der Waals surface area contributed by atoms with Crippen LogP contribution in [0.1, 0.15) is 25.3 Å². The van der Waals surface area contributed by atoms with Gasteiger partial charge in [0.1, 0.15) is 11.9 Å². The highest BCUT2D eigenvalue weighted by molar-refractivity contribution is 7.92. The molecule has 0 spiro atoms. The number of benzene rings is 2. The first-order chi connectivity index (χ1) is 13.3. The van der Waals surface area contributed by atoms with Crippen molar-refractivity contribution in [3.8, 4) is 0 Å². The molecule has 0 heterocycles. The van der Waals surface area contributed by atoms with Crippen LogP contribution in [0.4, 0.5) is 10.1 Å². The second kappa shape index (κ2) is 9.89. The van der Waals surface area contributed by atoms with Gasteiger partial charge in [0.05, 0.1) is 11.9 Å². The maximum atomic E-state index is 14.2. The van der Waals surface area contributed by atoms with Crippen LogP contribution in [0.15, 0.2) is 48.5 Å². The molecular weight excluding hydrogens is 403 g/mol. The molecule has 8 heteroatoms. The number of amides is 1. The number of rotatable bonds is 9. The van der Waals surface area contributed by atoms with E-state index in [2.05, 4.69) is 5.32 Å². The quantitative estimate of drug-likeness (QED) is 0.620. The standard InChI is InChI=1S/C20H24ClFN2O3S/c1-3-18(24(28(2,26)27)19-13-7-6-12-17(19)22)20(25)23-14-8-10-15-9-4-5-11-16(15)21/h4-7,9,11-13,18H,3,8,10,14H2,1-2H3,(H,23,25). The molecule has 0 aromatic heterocycles. The fourth-order valence-corrected chi connectivity index (χ4v) is 4.42. The summed E-state index contributed by atoms with van der Waals surface area (Å²) in [6, 6.07) is 12.0. The minimum absolute atomic E-state index is 0.136. The summed E-state index contributed by atoms with van der Waals surface area (Å²) in [7, 11) is -3.86. The van der Waals surface area contributed by atoms with Gasteiger partial charge in [-0.05, 0) is 43.0 Å². The Hall–Kier alpha value is -2.12. The molecule has 0 saturated heterocycles. The number of aryl methyl sites for hydroxylation is 1. The van der Waals surface area contributed by atoms with Crippen LogP contribution in [-0.4, -0.2) is 33.2 Å². The molecule has 1 amide bonds. The van der Waals surface area contributed by atoms with Gasteiger partial charge in [0.2, 0.25) is 15.9 Å². The zero-order valence-corrected chi connectivity index (χ0v) is 17.4. The van der Waals surface area contributed by atoms with Gasteiger partial charge in [0.25, 0.3) is 0 Å². The number of carbonyl (C=O) groups excluding carboxylic acids is 1. The van der Waals surface area contributed by atoms with Gasteiger partial charge in [-0.25, -0.2) is 12.8 Å². The van der Waals surface area contributed by atoms with Gasteiger partial charge in [-0.1, -0.05) is 48.9 Å². The van der Waals surface area contributed by atoms with Crippen LogP contribution in [-0.2, 0) is 21.2 Å². The van der Waals surface area contributed by atoms with E-state index in [1.54, 1.807) is 13.0 Å². The highest BCUT2D eigenvalue weighted by Gasteiger charge is 2.32. The minimum atomic E-state index is -3.86.